The van der Waals surface area contributed by atoms with E-state index >= 15 is 0 Å². The minimum atomic E-state index is 0.00454. The van der Waals surface area contributed by atoms with Crippen molar-refractivity contribution in [2.45, 2.75) is 6.42 Å². The van der Waals surface area contributed by atoms with Crippen molar-refractivity contribution in [2.75, 3.05) is 38.0 Å². The van der Waals surface area contributed by atoms with Crippen molar-refractivity contribution in [3.63, 3.8) is 0 Å². The molecule has 1 aromatic heterocycles. The molecule has 2 amide bonds. The van der Waals surface area contributed by atoms with Crippen molar-refractivity contribution in [3.8, 4) is 0 Å². The lowest BCUT2D eigenvalue weighted by molar-refractivity contribution is 0.148. The molecule has 0 radical (unpaired) electrons. The molecule has 0 bridgehead atoms. The van der Waals surface area contributed by atoms with E-state index in [1.807, 2.05) is 40.5 Å². The van der Waals surface area contributed by atoms with Gasteiger partial charge in [-0.15, -0.1) is 11.3 Å². The van der Waals surface area contributed by atoms with Gasteiger partial charge in [0.2, 0.25) is 0 Å². The van der Waals surface area contributed by atoms with Gasteiger partial charge in [-0.25, -0.2) is 4.79 Å². The van der Waals surface area contributed by atoms with Gasteiger partial charge in [-0.3, -0.25) is 4.90 Å². The summed E-state index contributed by atoms with van der Waals surface area (Å²) in [6, 6.07) is 12.2. The summed E-state index contributed by atoms with van der Waals surface area (Å²) in [6.45, 7) is 4.56. The average molecular weight is 441 g/mol. The molecule has 0 aliphatic carbocycles. The summed E-state index contributed by atoms with van der Waals surface area (Å²) in [5, 5.41) is 5.11. The lowest BCUT2D eigenvalue weighted by atomic mass is 10.2. The van der Waals surface area contributed by atoms with Gasteiger partial charge in [0.15, 0.2) is 0 Å². The van der Waals surface area contributed by atoms with Crippen LogP contribution < -0.4 is 5.32 Å². The van der Waals surface area contributed by atoms with Crippen LogP contribution in [-0.2, 0) is 6.42 Å². The molecule has 1 saturated heterocycles. The van der Waals surface area contributed by atoms with Crippen LogP contribution in [0.3, 0.4) is 0 Å². The van der Waals surface area contributed by atoms with E-state index in [0.717, 1.165) is 48.4 Å². The number of carbonyl (C=O) groups is 1. The number of hydrogen-bond acceptors (Lipinski definition) is 3. The Labute approximate surface area is 154 Å². The number of hydrogen-bond donors (Lipinski definition) is 1. The van der Waals surface area contributed by atoms with Crippen molar-refractivity contribution in [3.05, 3.63) is 50.2 Å². The first-order valence-electron chi connectivity index (χ1n) is 7.77. The van der Waals surface area contributed by atoms with E-state index in [4.69, 9.17) is 0 Å². The normalized spacial score (nSPS) is 15.6. The smallest absolute Gasteiger partial charge is 0.321 e. The molecule has 1 aliphatic rings. The summed E-state index contributed by atoms with van der Waals surface area (Å²) in [6.07, 6.45) is 1.10. The lowest BCUT2D eigenvalue weighted by Crippen LogP contribution is -2.50. The van der Waals surface area contributed by atoms with Crippen molar-refractivity contribution >= 4 is 45.6 Å². The minimum Gasteiger partial charge on any atom is -0.322 e. The molecule has 1 fully saturated rings. The van der Waals surface area contributed by atoms with Gasteiger partial charge in [0.05, 0.1) is 0 Å². The third-order valence-corrected chi connectivity index (χ3v) is 5.60. The number of carbonyl (C=O) groups excluding carboxylic acids is 1. The fraction of sp³-hybridized carbons (Fsp3) is 0.353. The molecular weight excluding hydrogens is 421 g/mol. The predicted octanol–water partition coefficient (Wildman–Crippen LogP) is 3.74. The fourth-order valence-corrected chi connectivity index (χ4v) is 3.91. The van der Waals surface area contributed by atoms with Gasteiger partial charge in [0.1, 0.15) is 0 Å². The Morgan fingerprint density at radius 1 is 1.17 bits per heavy atom. The molecule has 1 aromatic carbocycles. The van der Waals surface area contributed by atoms with Crippen LogP contribution in [0.5, 0.6) is 0 Å². The maximum absolute atomic E-state index is 12.3. The minimum absolute atomic E-state index is 0.00454. The van der Waals surface area contributed by atoms with Crippen LogP contribution in [0.4, 0.5) is 10.5 Å². The number of nitrogens with one attached hydrogen (secondary N) is 1. The highest BCUT2D eigenvalue weighted by Crippen LogP contribution is 2.14. The summed E-state index contributed by atoms with van der Waals surface area (Å²) >= 11 is 4.07. The number of urea groups is 1. The Kier molecular flexibility index (Phi) is 5.91. The summed E-state index contributed by atoms with van der Waals surface area (Å²) < 4.78 is 1.12. The molecular formula is C17H20IN3OS. The van der Waals surface area contributed by atoms with Gasteiger partial charge in [0.25, 0.3) is 0 Å². The third kappa shape index (κ3) is 4.92. The molecule has 0 unspecified atom stereocenters. The highest BCUT2D eigenvalue weighted by molar-refractivity contribution is 14.1. The van der Waals surface area contributed by atoms with Gasteiger partial charge < -0.3 is 10.2 Å². The standard InChI is InChI=1S/C17H20IN3OS/c18-14-3-1-4-15(13-14)19-17(22)21-10-8-20(9-11-21)7-6-16-5-2-12-23-16/h1-5,12-13H,6-11H2,(H,19,22). The Hall–Kier alpha value is -1.12. The van der Waals surface area contributed by atoms with Gasteiger partial charge in [-0.05, 0) is 58.7 Å². The molecule has 3 rings (SSSR count). The molecule has 4 nitrogen and oxygen atoms in total. The molecule has 0 spiro atoms. The second-order valence-corrected chi connectivity index (χ2v) is 7.88. The van der Waals surface area contributed by atoms with Crippen molar-refractivity contribution < 1.29 is 4.79 Å². The summed E-state index contributed by atoms with van der Waals surface area (Å²) in [7, 11) is 0. The number of anilines is 1. The van der Waals surface area contributed by atoms with E-state index in [0.29, 0.717) is 0 Å². The molecule has 122 valence electrons. The zero-order valence-corrected chi connectivity index (χ0v) is 15.8. The maximum Gasteiger partial charge on any atom is 0.321 e. The number of nitrogens with zero attached hydrogens (tertiary/aromatic N) is 2. The molecule has 2 heterocycles. The van der Waals surface area contributed by atoms with Crippen LogP contribution in [0.1, 0.15) is 4.88 Å². The molecule has 1 aliphatic heterocycles. The zero-order valence-electron chi connectivity index (χ0n) is 12.9. The van der Waals surface area contributed by atoms with E-state index in [1.54, 1.807) is 0 Å². The van der Waals surface area contributed by atoms with E-state index in [2.05, 4.69) is 50.3 Å². The second kappa shape index (κ2) is 8.12. The Morgan fingerprint density at radius 2 is 2.00 bits per heavy atom. The number of amides is 2. The van der Waals surface area contributed by atoms with Gasteiger partial charge in [0, 0.05) is 46.9 Å². The van der Waals surface area contributed by atoms with E-state index < -0.39 is 0 Å². The van der Waals surface area contributed by atoms with Crippen LogP contribution in [0.15, 0.2) is 41.8 Å². The topological polar surface area (TPSA) is 35.6 Å². The summed E-state index contributed by atoms with van der Waals surface area (Å²) in [5.74, 6) is 0. The van der Waals surface area contributed by atoms with Crippen LogP contribution in [0.2, 0.25) is 0 Å². The van der Waals surface area contributed by atoms with Gasteiger partial charge in [-0.2, -0.15) is 0 Å². The lowest BCUT2D eigenvalue weighted by Gasteiger charge is -2.34. The highest BCUT2D eigenvalue weighted by Gasteiger charge is 2.20. The van der Waals surface area contributed by atoms with Crippen LogP contribution in [0.25, 0.3) is 0 Å². The molecule has 2 aromatic rings. The van der Waals surface area contributed by atoms with Crippen molar-refractivity contribution in [1.29, 1.82) is 0 Å². The monoisotopic (exact) mass is 441 g/mol. The van der Waals surface area contributed by atoms with Gasteiger partial charge in [-0.1, -0.05) is 12.1 Å². The van der Waals surface area contributed by atoms with E-state index in [-0.39, 0.29) is 6.03 Å². The number of rotatable bonds is 4. The van der Waals surface area contributed by atoms with Gasteiger partial charge >= 0.3 is 6.03 Å². The first-order chi connectivity index (χ1) is 11.2. The first kappa shape index (κ1) is 16.7. The maximum atomic E-state index is 12.3. The Bertz CT molecular complexity index is 639. The summed E-state index contributed by atoms with van der Waals surface area (Å²) in [5.41, 5.74) is 0.863. The first-order valence-corrected chi connectivity index (χ1v) is 9.73. The molecule has 0 saturated carbocycles. The Balaban J connectivity index is 1.44. The Morgan fingerprint density at radius 3 is 2.70 bits per heavy atom. The van der Waals surface area contributed by atoms with Crippen LogP contribution in [-0.4, -0.2) is 48.6 Å². The largest absolute Gasteiger partial charge is 0.322 e. The average Bonchev–Trinajstić information content (AvgIpc) is 3.07. The fourth-order valence-electron chi connectivity index (χ4n) is 2.67. The number of piperazine rings is 1. The van der Waals surface area contributed by atoms with E-state index in [9.17, 15) is 4.79 Å². The second-order valence-electron chi connectivity index (χ2n) is 5.60. The van der Waals surface area contributed by atoms with Crippen LogP contribution >= 0.6 is 33.9 Å². The molecule has 0 atom stereocenters. The molecule has 6 heteroatoms. The number of thiophene rings is 1. The van der Waals surface area contributed by atoms with Crippen molar-refractivity contribution in [2.24, 2.45) is 0 Å². The SMILES string of the molecule is O=C(Nc1cccc(I)c1)N1CCN(CCc2cccs2)CC1. The predicted molar refractivity (Wildman–Crippen MR) is 104 cm³/mol. The molecule has 1 N–H and O–H groups in total. The highest BCUT2D eigenvalue weighted by atomic mass is 127. The van der Waals surface area contributed by atoms with Crippen molar-refractivity contribution in [1.82, 2.24) is 9.80 Å². The zero-order chi connectivity index (χ0) is 16.1. The number of benzene rings is 1. The quantitative estimate of drug-likeness (QED) is 0.734. The third-order valence-electron chi connectivity index (χ3n) is 3.99. The van der Waals surface area contributed by atoms with Crippen LogP contribution in [0, 0.1) is 3.57 Å². The van der Waals surface area contributed by atoms with E-state index in [1.165, 1.54) is 4.88 Å². The number of halogens is 1. The molecule has 23 heavy (non-hydrogen) atoms. The summed E-state index contributed by atoms with van der Waals surface area (Å²) in [4.78, 5) is 18.1.